The van der Waals surface area contributed by atoms with Gasteiger partial charge < -0.3 is 11.1 Å². The molecule has 1 heterocycles. The number of nitrogen functional groups attached to an aromatic ring is 1. The Labute approximate surface area is 141 Å². The third-order valence-electron chi connectivity index (χ3n) is 3.31. The van der Waals surface area contributed by atoms with Gasteiger partial charge in [0.2, 0.25) is 0 Å². The molecule has 0 aliphatic carbocycles. The van der Waals surface area contributed by atoms with Crippen molar-refractivity contribution in [2.45, 2.75) is 6.92 Å². The Morgan fingerprint density at radius 1 is 1.18 bits per heavy atom. The monoisotopic (exact) mass is 350 g/mol. The van der Waals surface area contributed by atoms with Crippen LogP contribution in [0.15, 0.2) is 36.4 Å². The summed E-state index contributed by atoms with van der Waals surface area (Å²) in [5, 5.41) is 4.74. The van der Waals surface area contributed by atoms with Gasteiger partial charge >= 0.3 is 0 Å². The fourth-order valence-corrected chi connectivity index (χ4v) is 3.83. The quantitative estimate of drug-likeness (QED) is 0.612. The van der Waals surface area contributed by atoms with Crippen molar-refractivity contribution in [3.63, 3.8) is 0 Å². The number of hydrogen-bond acceptors (Lipinski definition) is 3. The van der Waals surface area contributed by atoms with Crippen molar-refractivity contribution in [3.8, 4) is 0 Å². The fraction of sp³-hybridized carbons (Fsp3) is 0.0625. The molecule has 0 bridgehead atoms. The van der Waals surface area contributed by atoms with E-state index in [1.54, 1.807) is 24.3 Å². The number of hydrogen-bond donors (Lipinski definition) is 2. The number of thiophene rings is 1. The maximum absolute atomic E-state index is 12.5. The van der Waals surface area contributed by atoms with Gasteiger partial charge in [-0.3, -0.25) is 4.79 Å². The average molecular weight is 351 g/mol. The Morgan fingerprint density at radius 2 is 1.95 bits per heavy atom. The van der Waals surface area contributed by atoms with Gasteiger partial charge in [-0.25, -0.2) is 0 Å². The lowest BCUT2D eigenvalue weighted by Crippen LogP contribution is -2.11. The number of halogens is 2. The number of aryl methyl sites for hydroxylation is 1. The van der Waals surface area contributed by atoms with E-state index in [9.17, 15) is 4.79 Å². The third-order valence-corrected chi connectivity index (χ3v) is 5.20. The molecule has 0 spiro atoms. The molecule has 3 N–H and O–H groups in total. The normalized spacial score (nSPS) is 10.9. The third kappa shape index (κ3) is 2.77. The van der Waals surface area contributed by atoms with Crippen LogP contribution in [-0.2, 0) is 0 Å². The van der Waals surface area contributed by atoms with Crippen LogP contribution in [0.25, 0.3) is 10.1 Å². The highest BCUT2D eigenvalue weighted by atomic mass is 35.5. The molecule has 0 radical (unpaired) electrons. The molecule has 3 nitrogen and oxygen atoms in total. The highest BCUT2D eigenvalue weighted by Crippen LogP contribution is 2.37. The van der Waals surface area contributed by atoms with E-state index in [0.717, 1.165) is 15.6 Å². The molecule has 0 unspecified atom stereocenters. The minimum atomic E-state index is -0.254. The molecule has 1 amide bonds. The lowest BCUT2D eigenvalue weighted by atomic mass is 10.2. The maximum atomic E-state index is 12.5. The van der Waals surface area contributed by atoms with Gasteiger partial charge in [0.05, 0.1) is 5.02 Å². The Hall–Kier alpha value is -1.75. The fourth-order valence-electron chi connectivity index (χ4n) is 2.14. The molecule has 6 heteroatoms. The van der Waals surface area contributed by atoms with Crippen molar-refractivity contribution in [3.05, 3.63) is 56.9 Å². The minimum Gasteiger partial charge on any atom is -0.399 e. The summed E-state index contributed by atoms with van der Waals surface area (Å²) in [5.41, 5.74) is 7.96. The molecule has 1 aromatic heterocycles. The predicted molar refractivity (Wildman–Crippen MR) is 95.4 cm³/mol. The van der Waals surface area contributed by atoms with E-state index >= 15 is 0 Å². The summed E-state index contributed by atoms with van der Waals surface area (Å²) in [6, 6.07) is 10.8. The molecule has 0 saturated carbocycles. The molecule has 2 aromatic carbocycles. The summed E-state index contributed by atoms with van der Waals surface area (Å²) in [7, 11) is 0. The molecule has 0 aliphatic heterocycles. The van der Waals surface area contributed by atoms with E-state index in [1.165, 1.54) is 11.3 Å². The summed E-state index contributed by atoms with van der Waals surface area (Å²) < 4.78 is 0.881. The first kappa shape index (κ1) is 15.2. The van der Waals surface area contributed by atoms with Crippen LogP contribution < -0.4 is 11.1 Å². The average Bonchev–Trinajstić information content (AvgIpc) is 2.79. The molecule has 0 atom stereocenters. The second kappa shape index (κ2) is 5.80. The lowest BCUT2D eigenvalue weighted by molar-refractivity contribution is 0.103. The van der Waals surface area contributed by atoms with E-state index in [-0.39, 0.29) is 5.91 Å². The summed E-state index contributed by atoms with van der Waals surface area (Å²) in [5.74, 6) is -0.254. The van der Waals surface area contributed by atoms with E-state index in [2.05, 4.69) is 5.32 Å². The number of carbonyl (C=O) groups excluding carboxylic acids is 1. The van der Waals surface area contributed by atoms with Crippen molar-refractivity contribution in [1.29, 1.82) is 0 Å². The largest absolute Gasteiger partial charge is 0.399 e. The molecular formula is C16H12Cl2N2OS. The number of benzene rings is 2. The van der Waals surface area contributed by atoms with Gasteiger partial charge in [-0.1, -0.05) is 35.3 Å². The van der Waals surface area contributed by atoms with Crippen LogP contribution in [0.3, 0.4) is 0 Å². The van der Waals surface area contributed by atoms with E-state index in [1.807, 2.05) is 19.1 Å². The van der Waals surface area contributed by atoms with E-state index in [4.69, 9.17) is 28.9 Å². The highest BCUT2D eigenvalue weighted by Gasteiger charge is 2.18. The molecule has 3 aromatic rings. The van der Waals surface area contributed by atoms with Crippen molar-refractivity contribution in [1.82, 2.24) is 0 Å². The topological polar surface area (TPSA) is 55.1 Å². The van der Waals surface area contributed by atoms with E-state index < -0.39 is 0 Å². The first-order chi connectivity index (χ1) is 10.5. The zero-order chi connectivity index (χ0) is 15.9. The SMILES string of the molecule is Cc1ccc(N)cc1NC(=O)c1sc2cc(Cl)ccc2c1Cl. The molecule has 0 aliphatic rings. The number of anilines is 2. The van der Waals surface area contributed by atoms with Gasteiger partial charge in [-0.15, -0.1) is 11.3 Å². The van der Waals surface area contributed by atoms with Crippen LogP contribution in [-0.4, -0.2) is 5.91 Å². The second-order valence-corrected chi connectivity index (χ2v) is 6.78. The van der Waals surface area contributed by atoms with Gasteiger partial charge in [0.25, 0.3) is 5.91 Å². The van der Waals surface area contributed by atoms with Gasteiger partial charge in [0.1, 0.15) is 4.88 Å². The molecular weight excluding hydrogens is 339 g/mol. The number of nitrogens with two attached hydrogens (primary N) is 1. The Bertz CT molecular complexity index is 889. The Balaban J connectivity index is 1.98. The Kier molecular flexibility index (Phi) is 4.00. The number of amides is 1. The van der Waals surface area contributed by atoms with Crippen molar-refractivity contribution >= 4 is 61.9 Å². The van der Waals surface area contributed by atoms with Crippen LogP contribution in [0.4, 0.5) is 11.4 Å². The minimum absolute atomic E-state index is 0.254. The second-order valence-electron chi connectivity index (χ2n) is 4.91. The van der Waals surface area contributed by atoms with Crippen LogP contribution in [0.5, 0.6) is 0 Å². The molecule has 0 fully saturated rings. The maximum Gasteiger partial charge on any atom is 0.267 e. The van der Waals surface area contributed by atoms with E-state index in [0.29, 0.717) is 26.3 Å². The first-order valence-corrected chi connectivity index (χ1v) is 8.08. The standard InChI is InChI=1S/C16H12Cl2N2OS/c1-8-2-4-10(19)7-12(8)20-16(21)15-14(18)11-5-3-9(17)6-13(11)22-15/h2-7H,19H2,1H3,(H,20,21). The van der Waals surface area contributed by atoms with Crippen LogP contribution in [0.2, 0.25) is 10.0 Å². The number of nitrogens with one attached hydrogen (secondary N) is 1. The van der Waals surface area contributed by atoms with Gasteiger partial charge in [-0.05, 0) is 36.8 Å². The molecule has 0 saturated heterocycles. The van der Waals surface area contributed by atoms with Gasteiger partial charge in [0.15, 0.2) is 0 Å². The van der Waals surface area contributed by atoms with Crippen LogP contribution >= 0.6 is 34.5 Å². The smallest absolute Gasteiger partial charge is 0.267 e. The molecule has 3 rings (SSSR count). The Morgan fingerprint density at radius 3 is 2.73 bits per heavy atom. The van der Waals surface area contributed by atoms with Gasteiger partial charge in [-0.2, -0.15) is 0 Å². The first-order valence-electron chi connectivity index (χ1n) is 6.51. The van der Waals surface area contributed by atoms with Crippen LogP contribution in [0, 0.1) is 6.92 Å². The van der Waals surface area contributed by atoms with Gasteiger partial charge in [0, 0.05) is 26.5 Å². The zero-order valence-corrected chi connectivity index (χ0v) is 13.9. The summed E-state index contributed by atoms with van der Waals surface area (Å²) in [6.45, 7) is 1.90. The highest BCUT2D eigenvalue weighted by molar-refractivity contribution is 7.21. The molecule has 22 heavy (non-hydrogen) atoms. The zero-order valence-electron chi connectivity index (χ0n) is 11.6. The predicted octanol–water partition coefficient (Wildman–Crippen LogP) is 5.35. The van der Waals surface area contributed by atoms with Crippen LogP contribution in [0.1, 0.15) is 15.2 Å². The van der Waals surface area contributed by atoms with Crippen molar-refractivity contribution in [2.24, 2.45) is 0 Å². The summed E-state index contributed by atoms with van der Waals surface area (Å²) in [6.07, 6.45) is 0. The lowest BCUT2D eigenvalue weighted by Gasteiger charge is -2.08. The number of rotatable bonds is 2. The van der Waals surface area contributed by atoms with Crippen molar-refractivity contribution in [2.75, 3.05) is 11.1 Å². The summed E-state index contributed by atoms with van der Waals surface area (Å²) >= 11 is 13.6. The molecule has 112 valence electrons. The summed E-state index contributed by atoms with van der Waals surface area (Å²) in [4.78, 5) is 13.0. The number of carbonyl (C=O) groups is 1. The van der Waals surface area contributed by atoms with Crippen molar-refractivity contribution < 1.29 is 4.79 Å². The number of fused-ring (bicyclic) bond motifs is 1.